The summed E-state index contributed by atoms with van der Waals surface area (Å²) in [5, 5.41) is 6.22. The lowest BCUT2D eigenvalue weighted by atomic mass is 9.88. The first-order valence-electron chi connectivity index (χ1n) is 5.90. The van der Waals surface area contributed by atoms with Crippen LogP contribution >= 0.6 is 23.2 Å². The maximum atomic E-state index is 11.7. The predicted molar refractivity (Wildman–Crippen MR) is 81.8 cm³/mol. The molecule has 0 aliphatic heterocycles. The van der Waals surface area contributed by atoms with Crippen molar-refractivity contribution >= 4 is 34.9 Å². The quantitative estimate of drug-likeness (QED) is 0.787. The van der Waals surface area contributed by atoms with E-state index in [1.165, 1.54) is 0 Å². The molecule has 0 aliphatic carbocycles. The normalized spacial score (nSPS) is 12.2. The van der Waals surface area contributed by atoms with Crippen LogP contribution in [-0.2, 0) is 0 Å². The molecule has 0 aromatic heterocycles. The summed E-state index contributed by atoms with van der Waals surface area (Å²) in [7, 11) is 0. The molecule has 0 atom stereocenters. The number of benzene rings is 1. The molecular weight excluding hydrogens is 283 g/mol. The zero-order valence-electron chi connectivity index (χ0n) is 11.5. The van der Waals surface area contributed by atoms with E-state index in [0.29, 0.717) is 15.7 Å². The van der Waals surface area contributed by atoms with Crippen LogP contribution in [0, 0.1) is 5.41 Å². The summed E-state index contributed by atoms with van der Waals surface area (Å²) in [5.41, 5.74) is 1.70. The van der Waals surface area contributed by atoms with Crippen LogP contribution in [0.2, 0.25) is 10.0 Å². The molecule has 0 spiro atoms. The van der Waals surface area contributed by atoms with Gasteiger partial charge < -0.3 is 10.6 Å². The van der Waals surface area contributed by atoms with Crippen LogP contribution in [0.3, 0.4) is 0 Å². The molecule has 2 amide bonds. The molecule has 0 bridgehead atoms. The van der Waals surface area contributed by atoms with Gasteiger partial charge in [0.2, 0.25) is 0 Å². The molecule has 19 heavy (non-hydrogen) atoms. The highest BCUT2D eigenvalue weighted by atomic mass is 35.5. The number of halogens is 2. The minimum absolute atomic E-state index is 0.0247. The summed E-state index contributed by atoms with van der Waals surface area (Å²) < 4.78 is 0. The van der Waals surface area contributed by atoms with Gasteiger partial charge in [-0.1, -0.05) is 49.5 Å². The number of allylic oxidation sites excluding steroid dienone is 1. The third kappa shape index (κ3) is 5.13. The Labute approximate surface area is 124 Å². The fourth-order valence-corrected chi connectivity index (χ4v) is 1.43. The number of anilines is 1. The number of carbonyl (C=O) groups is 1. The number of amides is 2. The maximum absolute atomic E-state index is 11.7. The fourth-order valence-electron chi connectivity index (χ4n) is 1.13. The average molecular weight is 301 g/mol. The highest BCUT2D eigenvalue weighted by molar-refractivity contribution is 6.42. The Morgan fingerprint density at radius 1 is 1.21 bits per heavy atom. The van der Waals surface area contributed by atoms with E-state index in [1.54, 1.807) is 24.4 Å². The summed E-state index contributed by atoms with van der Waals surface area (Å²) in [5.74, 6) is 0. The van der Waals surface area contributed by atoms with E-state index < -0.39 is 0 Å². The van der Waals surface area contributed by atoms with E-state index in [1.807, 2.05) is 6.92 Å². The van der Waals surface area contributed by atoms with Crippen molar-refractivity contribution in [3.63, 3.8) is 0 Å². The molecule has 0 fully saturated rings. The molecule has 104 valence electrons. The zero-order valence-corrected chi connectivity index (χ0v) is 13.0. The van der Waals surface area contributed by atoms with Gasteiger partial charge in [0, 0.05) is 11.9 Å². The molecule has 0 saturated carbocycles. The average Bonchev–Trinajstić information content (AvgIpc) is 2.29. The highest BCUT2D eigenvalue weighted by Crippen LogP contribution is 2.25. The Bertz CT molecular complexity index is 505. The molecule has 3 nitrogen and oxygen atoms in total. The van der Waals surface area contributed by atoms with Gasteiger partial charge in [-0.25, -0.2) is 4.79 Å². The number of hydrogen-bond donors (Lipinski definition) is 2. The van der Waals surface area contributed by atoms with Gasteiger partial charge in [-0.15, -0.1) is 0 Å². The predicted octanol–water partition coefficient (Wildman–Crippen LogP) is 5.06. The van der Waals surface area contributed by atoms with Crippen molar-refractivity contribution in [3.05, 3.63) is 40.0 Å². The molecule has 0 aliphatic rings. The smallest absolute Gasteiger partial charge is 0.314 e. The number of carbonyl (C=O) groups excluding carboxylic acids is 1. The van der Waals surface area contributed by atoms with Crippen molar-refractivity contribution in [2.24, 2.45) is 5.41 Å². The lowest BCUT2D eigenvalue weighted by Gasteiger charge is -2.19. The molecule has 0 heterocycles. The van der Waals surface area contributed by atoms with Gasteiger partial charge in [0.15, 0.2) is 0 Å². The van der Waals surface area contributed by atoms with E-state index in [9.17, 15) is 4.79 Å². The van der Waals surface area contributed by atoms with Gasteiger partial charge in [0.25, 0.3) is 0 Å². The highest BCUT2D eigenvalue weighted by Gasteiger charge is 2.12. The fraction of sp³-hybridized carbons (Fsp3) is 0.357. The van der Waals surface area contributed by atoms with Gasteiger partial charge in [-0.05, 0) is 30.5 Å². The molecule has 2 N–H and O–H groups in total. The van der Waals surface area contributed by atoms with Crippen LogP contribution in [0.15, 0.2) is 30.0 Å². The zero-order chi connectivity index (χ0) is 14.6. The SMILES string of the molecule is C/C(=C\NC(=O)Nc1ccc(Cl)c(Cl)c1)C(C)(C)C. The van der Waals surface area contributed by atoms with Crippen molar-refractivity contribution in [1.29, 1.82) is 0 Å². The van der Waals surface area contributed by atoms with Gasteiger partial charge in [0.05, 0.1) is 10.0 Å². The van der Waals surface area contributed by atoms with E-state index in [-0.39, 0.29) is 11.4 Å². The number of nitrogens with one attached hydrogen (secondary N) is 2. The first-order chi connectivity index (χ1) is 8.70. The van der Waals surface area contributed by atoms with Gasteiger partial charge in [0.1, 0.15) is 0 Å². The monoisotopic (exact) mass is 300 g/mol. The van der Waals surface area contributed by atoms with Gasteiger partial charge in [-0.2, -0.15) is 0 Å². The van der Waals surface area contributed by atoms with E-state index in [2.05, 4.69) is 31.4 Å². The molecule has 0 unspecified atom stereocenters. The first kappa shape index (κ1) is 15.9. The van der Waals surface area contributed by atoms with Crippen molar-refractivity contribution in [3.8, 4) is 0 Å². The third-order valence-electron chi connectivity index (χ3n) is 2.78. The van der Waals surface area contributed by atoms with Crippen LogP contribution in [0.1, 0.15) is 27.7 Å². The Morgan fingerprint density at radius 3 is 2.37 bits per heavy atom. The van der Waals surface area contributed by atoms with Crippen LogP contribution < -0.4 is 10.6 Å². The maximum Gasteiger partial charge on any atom is 0.323 e. The summed E-state index contributed by atoms with van der Waals surface area (Å²) in [6.45, 7) is 8.21. The second kappa shape index (κ2) is 6.31. The van der Waals surface area contributed by atoms with Crippen LogP contribution in [0.4, 0.5) is 10.5 Å². The van der Waals surface area contributed by atoms with Crippen LogP contribution in [0.5, 0.6) is 0 Å². The topological polar surface area (TPSA) is 41.1 Å². The van der Waals surface area contributed by atoms with Gasteiger partial charge >= 0.3 is 6.03 Å². The van der Waals surface area contributed by atoms with Crippen molar-refractivity contribution in [1.82, 2.24) is 5.32 Å². The lowest BCUT2D eigenvalue weighted by Crippen LogP contribution is -2.25. The molecule has 0 saturated heterocycles. The van der Waals surface area contributed by atoms with Crippen molar-refractivity contribution in [2.75, 3.05) is 5.32 Å². The van der Waals surface area contributed by atoms with Crippen LogP contribution in [-0.4, -0.2) is 6.03 Å². The Hall–Kier alpha value is -1.19. The van der Waals surface area contributed by atoms with E-state index in [0.717, 1.165) is 5.57 Å². The molecule has 1 rings (SSSR count). The molecule has 0 radical (unpaired) electrons. The number of urea groups is 1. The second-order valence-electron chi connectivity index (χ2n) is 5.30. The summed E-state index contributed by atoms with van der Waals surface area (Å²) in [4.78, 5) is 11.7. The number of rotatable bonds is 2. The van der Waals surface area contributed by atoms with Gasteiger partial charge in [-0.3, -0.25) is 0 Å². The summed E-state index contributed by atoms with van der Waals surface area (Å²) in [6.07, 6.45) is 1.70. The largest absolute Gasteiger partial charge is 0.323 e. The molecule has 5 heteroatoms. The van der Waals surface area contributed by atoms with E-state index in [4.69, 9.17) is 23.2 Å². The summed E-state index contributed by atoms with van der Waals surface area (Å²) >= 11 is 11.7. The standard InChI is InChI=1S/C14H18Cl2N2O/c1-9(14(2,3)4)8-17-13(19)18-10-5-6-11(15)12(16)7-10/h5-8H,1-4H3,(H2,17,18,19)/b9-8+. The Balaban J connectivity index is 2.63. The first-order valence-corrected chi connectivity index (χ1v) is 6.65. The summed E-state index contributed by atoms with van der Waals surface area (Å²) in [6, 6.07) is 4.61. The minimum atomic E-state index is -0.318. The molecule has 1 aromatic rings. The van der Waals surface area contributed by atoms with Crippen molar-refractivity contribution in [2.45, 2.75) is 27.7 Å². The number of hydrogen-bond acceptors (Lipinski definition) is 1. The Kier molecular flexibility index (Phi) is 5.27. The lowest BCUT2D eigenvalue weighted by molar-refractivity contribution is 0.255. The molecular formula is C14H18Cl2N2O. The minimum Gasteiger partial charge on any atom is -0.314 e. The third-order valence-corrected chi connectivity index (χ3v) is 3.52. The Morgan fingerprint density at radius 2 is 1.84 bits per heavy atom. The molecule has 1 aromatic carbocycles. The van der Waals surface area contributed by atoms with E-state index >= 15 is 0 Å². The van der Waals surface area contributed by atoms with Crippen molar-refractivity contribution < 1.29 is 4.79 Å². The van der Waals surface area contributed by atoms with Crippen LogP contribution in [0.25, 0.3) is 0 Å². The second-order valence-corrected chi connectivity index (χ2v) is 6.12.